The second kappa shape index (κ2) is 7.51. The average Bonchev–Trinajstić information content (AvgIpc) is 3.18. The molecule has 0 fully saturated rings. The van der Waals surface area contributed by atoms with Gasteiger partial charge in [0.05, 0.1) is 12.2 Å². The van der Waals surface area contributed by atoms with E-state index in [-0.39, 0.29) is 23.7 Å². The van der Waals surface area contributed by atoms with Crippen LogP contribution in [-0.2, 0) is 13.0 Å². The fourth-order valence-corrected chi connectivity index (χ4v) is 2.66. The highest BCUT2D eigenvalue weighted by atomic mass is 19.1. The van der Waals surface area contributed by atoms with Crippen LogP contribution in [0.25, 0.3) is 22.6 Å². The van der Waals surface area contributed by atoms with Gasteiger partial charge in [0.15, 0.2) is 0 Å². The molecule has 0 N–H and O–H groups in total. The van der Waals surface area contributed by atoms with Gasteiger partial charge >= 0.3 is 0 Å². The molecule has 0 radical (unpaired) electrons. The second-order valence-corrected chi connectivity index (χ2v) is 6.06. The van der Waals surface area contributed by atoms with Crippen molar-refractivity contribution in [1.82, 2.24) is 19.9 Å². The molecule has 0 bridgehead atoms. The van der Waals surface area contributed by atoms with Gasteiger partial charge in [-0.15, -0.1) is 0 Å². The van der Waals surface area contributed by atoms with Crippen molar-refractivity contribution in [2.45, 2.75) is 13.0 Å². The van der Waals surface area contributed by atoms with Gasteiger partial charge in [-0.3, -0.25) is 4.79 Å². The van der Waals surface area contributed by atoms with Crippen molar-refractivity contribution < 1.29 is 13.3 Å². The smallest absolute Gasteiger partial charge is 0.266 e. The van der Waals surface area contributed by atoms with Crippen LogP contribution in [0.2, 0.25) is 0 Å². The van der Waals surface area contributed by atoms with Gasteiger partial charge in [-0.1, -0.05) is 5.16 Å². The Morgan fingerprint density at radius 3 is 2.18 bits per heavy atom. The van der Waals surface area contributed by atoms with Crippen LogP contribution in [-0.4, -0.2) is 19.9 Å². The third-order valence-corrected chi connectivity index (χ3v) is 4.11. The standard InChI is InChI=1S/C20H14F2N4O2/c21-15-5-1-13(2-6-15)17-9-10-19(27)26(24-17)12-11-18-23-20(25-28-18)14-3-7-16(22)8-4-14/h1-10H,11-12H2. The highest BCUT2D eigenvalue weighted by Gasteiger charge is 2.10. The van der Waals surface area contributed by atoms with Crippen LogP contribution in [0, 0.1) is 11.6 Å². The van der Waals surface area contributed by atoms with E-state index in [0.717, 1.165) is 0 Å². The Morgan fingerprint density at radius 2 is 1.50 bits per heavy atom. The number of nitrogens with zero attached hydrogens (tertiary/aromatic N) is 4. The van der Waals surface area contributed by atoms with E-state index in [1.165, 1.54) is 35.0 Å². The number of rotatable bonds is 5. The van der Waals surface area contributed by atoms with E-state index >= 15 is 0 Å². The predicted molar refractivity (Wildman–Crippen MR) is 97.3 cm³/mol. The van der Waals surface area contributed by atoms with Crippen LogP contribution in [0.15, 0.2) is 70.0 Å². The largest absolute Gasteiger partial charge is 0.339 e. The zero-order valence-corrected chi connectivity index (χ0v) is 14.5. The molecule has 0 saturated carbocycles. The van der Waals surface area contributed by atoms with Gasteiger partial charge in [0.2, 0.25) is 11.7 Å². The predicted octanol–water partition coefficient (Wildman–Crippen LogP) is 3.48. The molecule has 0 atom stereocenters. The molecule has 2 heterocycles. The summed E-state index contributed by atoms with van der Waals surface area (Å²) in [4.78, 5) is 16.3. The van der Waals surface area contributed by atoms with Crippen LogP contribution in [0.5, 0.6) is 0 Å². The lowest BCUT2D eigenvalue weighted by atomic mass is 10.1. The maximum absolute atomic E-state index is 13.1. The maximum Gasteiger partial charge on any atom is 0.266 e. The van der Waals surface area contributed by atoms with Crippen molar-refractivity contribution in [1.29, 1.82) is 0 Å². The summed E-state index contributed by atoms with van der Waals surface area (Å²) in [6.45, 7) is 0.235. The number of hydrogen-bond acceptors (Lipinski definition) is 5. The summed E-state index contributed by atoms with van der Waals surface area (Å²) >= 11 is 0. The lowest BCUT2D eigenvalue weighted by molar-refractivity contribution is 0.368. The molecule has 2 aromatic carbocycles. The lowest BCUT2D eigenvalue weighted by Crippen LogP contribution is -2.23. The number of halogens is 2. The summed E-state index contributed by atoms with van der Waals surface area (Å²) in [5.41, 5.74) is 1.61. The van der Waals surface area contributed by atoms with E-state index in [0.29, 0.717) is 35.0 Å². The van der Waals surface area contributed by atoms with Gasteiger partial charge in [-0.05, 0) is 54.6 Å². The first-order valence-corrected chi connectivity index (χ1v) is 8.51. The summed E-state index contributed by atoms with van der Waals surface area (Å²) in [6.07, 6.45) is 0.300. The molecule has 0 aliphatic rings. The van der Waals surface area contributed by atoms with Gasteiger partial charge in [0.1, 0.15) is 11.6 Å². The van der Waals surface area contributed by atoms with E-state index < -0.39 is 0 Å². The molecule has 4 aromatic rings. The van der Waals surface area contributed by atoms with Crippen LogP contribution < -0.4 is 5.56 Å². The van der Waals surface area contributed by atoms with Crippen molar-refractivity contribution in [2.24, 2.45) is 0 Å². The molecule has 0 aliphatic carbocycles. The van der Waals surface area contributed by atoms with Crippen molar-refractivity contribution in [3.63, 3.8) is 0 Å². The minimum Gasteiger partial charge on any atom is -0.339 e. The third kappa shape index (κ3) is 3.85. The molecular weight excluding hydrogens is 366 g/mol. The Kier molecular flexibility index (Phi) is 4.76. The molecule has 28 heavy (non-hydrogen) atoms. The van der Waals surface area contributed by atoms with Gasteiger partial charge in [-0.2, -0.15) is 10.1 Å². The molecule has 0 unspecified atom stereocenters. The Balaban J connectivity index is 1.50. The molecule has 140 valence electrons. The van der Waals surface area contributed by atoms with Gasteiger partial charge in [0, 0.05) is 23.6 Å². The minimum atomic E-state index is -0.348. The molecule has 8 heteroatoms. The third-order valence-electron chi connectivity index (χ3n) is 4.11. The topological polar surface area (TPSA) is 73.8 Å². The van der Waals surface area contributed by atoms with E-state index in [9.17, 15) is 13.6 Å². The quantitative estimate of drug-likeness (QED) is 0.530. The summed E-state index contributed by atoms with van der Waals surface area (Å²) in [5.74, 6) is -0.0139. The number of aromatic nitrogens is 4. The van der Waals surface area contributed by atoms with Crippen LogP contribution >= 0.6 is 0 Å². The Labute approximate surface area is 158 Å². The Hall–Kier alpha value is -3.68. The normalized spacial score (nSPS) is 10.9. The van der Waals surface area contributed by atoms with Crippen molar-refractivity contribution in [3.05, 3.63) is 88.5 Å². The zero-order chi connectivity index (χ0) is 19.5. The van der Waals surface area contributed by atoms with E-state index in [1.807, 2.05) is 0 Å². The number of hydrogen-bond donors (Lipinski definition) is 0. The number of benzene rings is 2. The van der Waals surface area contributed by atoms with Gasteiger partial charge in [-0.25, -0.2) is 13.5 Å². The lowest BCUT2D eigenvalue weighted by Gasteiger charge is -2.06. The van der Waals surface area contributed by atoms with Gasteiger partial charge in [0.25, 0.3) is 5.56 Å². The molecular formula is C20H14F2N4O2. The Bertz CT molecular complexity index is 1150. The second-order valence-electron chi connectivity index (χ2n) is 6.06. The van der Waals surface area contributed by atoms with Crippen molar-refractivity contribution >= 4 is 0 Å². The van der Waals surface area contributed by atoms with E-state index in [1.54, 1.807) is 30.3 Å². The first kappa shape index (κ1) is 17.7. The maximum atomic E-state index is 13.1. The molecule has 0 aliphatic heterocycles. The highest BCUT2D eigenvalue weighted by molar-refractivity contribution is 5.58. The minimum absolute atomic E-state index is 0.235. The van der Waals surface area contributed by atoms with Crippen LogP contribution in [0.4, 0.5) is 8.78 Å². The van der Waals surface area contributed by atoms with Crippen LogP contribution in [0.3, 0.4) is 0 Å². The molecule has 6 nitrogen and oxygen atoms in total. The summed E-state index contributed by atoms with van der Waals surface area (Å²) in [5, 5.41) is 8.18. The number of aryl methyl sites for hydroxylation is 2. The summed E-state index contributed by atoms with van der Waals surface area (Å²) in [6, 6.07) is 14.6. The molecule has 0 spiro atoms. The van der Waals surface area contributed by atoms with E-state index in [4.69, 9.17) is 4.52 Å². The van der Waals surface area contributed by atoms with E-state index in [2.05, 4.69) is 15.2 Å². The SMILES string of the molecule is O=c1ccc(-c2ccc(F)cc2)nn1CCc1nc(-c2ccc(F)cc2)no1. The highest BCUT2D eigenvalue weighted by Crippen LogP contribution is 2.17. The fraction of sp³-hybridized carbons (Fsp3) is 0.100. The molecule has 0 amide bonds. The van der Waals surface area contributed by atoms with Crippen LogP contribution in [0.1, 0.15) is 5.89 Å². The average molecular weight is 380 g/mol. The summed E-state index contributed by atoms with van der Waals surface area (Å²) < 4.78 is 32.6. The molecule has 2 aromatic heterocycles. The van der Waals surface area contributed by atoms with Crippen molar-refractivity contribution in [2.75, 3.05) is 0 Å². The Morgan fingerprint density at radius 1 is 0.857 bits per heavy atom. The first-order chi connectivity index (χ1) is 13.6. The summed E-state index contributed by atoms with van der Waals surface area (Å²) in [7, 11) is 0. The zero-order valence-electron chi connectivity index (χ0n) is 14.5. The molecule has 0 saturated heterocycles. The fourth-order valence-electron chi connectivity index (χ4n) is 2.66. The monoisotopic (exact) mass is 380 g/mol. The first-order valence-electron chi connectivity index (χ1n) is 8.51. The molecule has 4 rings (SSSR count). The van der Waals surface area contributed by atoms with Crippen molar-refractivity contribution in [3.8, 4) is 22.6 Å². The van der Waals surface area contributed by atoms with Gasteiger partial charge < -0.3 is 4.52 Å².